The number of ether oxygens (including phenoxy) is 2. The van der Waals surface area contributed by atoms with Gasteiger partial charge >= 0.3 is 11.9 Å². The molecule has 0 spiro atoms. The van der Waals surface area contributed by atoms with Crippen LogP contribution in [0.15, 0.2) is 0 Å². The number of nitrogens with zero attached hydrogens (tertiary/aromatic N) is 2. The SMILES string of the molecule is CN1C(C)(C)CCC(OC(=O)CCCC(=O)OC2CCC(C)(C)N(C)C2(C)C)C1(C)C. The highest BCUT2D eigenvalue weighted by molar-refractivity contribution is 5.73. The Kier molecular flexibility index (Phi) is 7.59. The summed E-state index contributed by atoms with van der Waals surface area (Å²) in [5, 5.41) is 0. The van der Waals surface area contributed by atoms with Gasteiger partial charge in [-0.15, -0.1) is 0 Å². The summed E-state index contributed by atoms with van der Waals surface area (Å²) in [4.78, 5) is 29.5. The standard InChI is InChI=1S/C25H46N2O4/c1-22(2)16-14-18(24(5,6)26(22)9)30-20(28)12-11-13-21(29)31-19-15-17-23(3,4)27(10)25(19,7)8/h18-19H,11-17H2,1-10H3. The second-order valence-corrected chi connectivity index (χ2v) is 11.9. The number of hydrogen-bond acceptors (Lipinski definition) is 6. The molecule has 0 saturated carbocycles. The normalized spacial score (nSPS) is 29.9. The summed E-state index contributed by atoms with van der Waals surface area (Å²) in [6.45, 7) is 17.4. The first-order valence-corrected chi connectivity index (χ1v) is 11.9. The Morgan fingerprint density at radius 2 is 1.03 bits per heavy atom. The van der Waals surface area contributed by atoms with E-state index in [1.54, 1.807) is 0 Å². The van der Waals surface area contributed by atoms with Crippen molar-refractivity contribution >= 4 is 11.9 Å². The minimum absolute atomic E-state index is 0.0896. The van der Waals surface area contributed by atoms with Crippen LogP contribution in [0.1, 0.15) is 100 Å². The van der Waals surface area contributed by atoms with Crippen LogP contribution in [0.25, 0.3) is 0 Å². The molecular formula is C25H46N2O4. The molecule has 0 aromatic carbocycles. The van der Waals surface area contributed by atoms with Gasteiger partial charge in [-0.1, -0.05) is 0 Å². The lowest BCUT2D eigenvalue weighted by Crippen LogP contribution is -2.63. The summed E-state index contributed by atoms with van der Waals surface area (Å²) in [5.41, 5.74) is -0.260. The van der Waals surface area contributed by atoms with Gasteiger partial charge in [-0.2, -0.15) is 0 Å². The van der Waals surface area contributed by atoms with Crippen molar-refractivity contribution in [3.05, 3.63) is 0 Å². The topological polar surface area (TPSA) is 59.1 Å². The van der Waals surface area contributed by atoms with Crippen LogP contribution in [0.2, 0.25) is 0 Å². The highest BCUT2D eigenvalue weighted by atomic mass is 16.6. The zero-order valence-electron chi connectivity index (χ0n) is 21.6. The van der Waals surface area contributed by atoms with E-state index in [9.17, 15) is 9.59 Å². The summed E-state index contributed by atoms with van der Waals surface area (Å²) in [7, 11) is 4.20. The average molecular weight is 439 g/mol. The summed E-state index contributed by atoms with van der Waals surface area (Å²) in [5.74, 6) is -0.447. The van der Waals surface area contributed by atoms with Crippen molar-refractivity contribution in [1.82, 2.24) is 9.80 Å². The van der Waals surface area contributed by atoms with Crippen LogP contribution >= 0.6 is 0 Å². The molecule has 180 valence electrons. The highest BCUT2D eigenvalue weighted by Crippen LogP contribution is 2.39. The Morgan fingerprint density at radius 3 is 1.35 bits per heavy atom. The fraction of sp³-hybridized carbons (Fsp3) is 0.920. The van der Waals surface area contributed by atoms with Gasteiger partial charge in [-0.25, -0.2) is 0 Å². The molecule has 0 radical (unpaired) electrons. The molecule has 0 amide bonds. The van der Waals surface area contributed by atoms with Crippen LogP contribution < -0.4 is 0 Å². The molecule has 2 aliphatic rings. The number of hydrogen-bond donors (Lipinski definition) is 0. The van der Waals surface area contributed by atoms with Gasteiger partial charge in [-0.05, 0) is 102 Å². The first-order valence-electron chi connectivity index (χ1n) is 11.9. The van der Waals surface area contributed by atoms with E-state index < -0.39 is 0 Å². The van der Waals surface area contributed by atoms with Crippen LogP contribution in [0.4, 0.5) is 0 Å². The van der Waals surface area contributed by atoms with Crippen LogP contribution in [0.5, 0.6) is 0 Å². The van der Waals surface area contributed by atoms with Gasteiger partial charge in [0.2, 0.25) is 0 Å². The third kappa shape index (κ3) is 5.62. The Labute approximate surface area is 190 Å². The molecule has 2 heterocycles. The van der Waals surface area contributed by atoms with E-state index in [4.69, 9.17) is 9.47 Å². The van der Waals surface area contributed by atoms with E-state index in [0.717, 1.165) is 25.7 Å². The number of likely N-dealkylation sites (tertiary alicyclic amines) is 2. The largest absolute Gasteiger partial charge is 0.460 e. The summed E-state index contributed by atoms with van der Waals surface area (Å²) < 4.78 is 11.7. The molecule has 0 aromatic heterocycles. The third-order valence-corrected chi connectivity index (χ3v) is 8.47. The Balaban J connectivity index is 1.79. The fourth-order valence-corrected chi connectivity index (χ4v) is 5.22. The molecule has 31 heavy (non-hydrogen) atoms. The van der Waals surface area contributed by atoms with Gasteiger partial charge in [0.15, 0.2) is 0 Å². The van der Waals surface area contributed by atoms with E-state index in [0.29, 0.717) is 6.42 Å². The summed E-state index contributed by atoms with van der Waals surface area (Å²) in [6, 6.07) is 0. The third-order valence-electron chi connectivity index (χ3n) is 8.47. The molecule has 2 unspecified atom stereocenters. The maximum Gasteiger partial charge on any atom is 0.306 e. The second kappa shape index (κ2) is 9.01. The summed E-state index contributed by atoms with van der Waals surface area (Å²) >= 11 is 0. The fourth-order valence-electron chi connectivity index (χ4n) is 5.22. The molecule has 2 rings (SSSR count). The molecule has 6 nitrogen and oxygen atoms in total. The molecule has 0 aromatic rings. The number of carbonyl (C=O) groups is 2. The van der Waals surface area contributed by atoms with Gasteiger partial charge < -0.3 is 9.47 Å². The van der Waals surface area contributed by atoms with Crippen molar-refractivity contribution in [2.75, 3.05) is 14.1 Å². The molecule has 6 heteroatoms. The van der Waals surface area contributed by atoms with Gasteiger partial charge in [0.05, 0.1) is 11.1 Å². The minimum atomic E-state index is -0.224. The number of rotatable bonds is 6. The average Bonchev–Trinajstić information content (AvgIpc) is 2.64. The molecule has 0 aliphatic carbocycles. The van der Waals surface area contributed by atoms with E-state index in [-0.39, 0.29) is 59.1 Å². The van der Waals surface area contributed by atoms with E-state index in [2.05, 4.69) is 79.3 Å². The van der Waals surface area contributed by atoms with Gasteiger partial charge in [-0.3, -0.25) is 19.4 Å². The number of piperidine rings is 2. The zero-order valence-corrected chi connectivity index (χ0v) is 21.6. The molecule has 0 bridgehead atoms. The molecular weight excluding hydrogens is 392 g/mol. The predicted molar refractivity (Wildman–Crippen MR) is 124 cm³/mol. The quantitative estimate of drug-likeness (QED) is 0.567. The Hall–Kier alpha value is -1.14. The van der Waals surface area contributed by atoms with E-state index >= 15 is 0 Å². The van der Waals surface area contributed by atoms with Crippen LogP contribution in [-0.4, -0.2) is 70.2 Å². The van der Waals surface area contributed by atoms with E-state index in [1.807, 2.05) is 0 Å². The van der Waals surface area contributed by atoms with Gasteiger partial charge in [0.25, 0.3) is 0 Å². The van der Waals surface area contributed by atoms with Crippen LogP contribution in [0, 0.1) is 0 Å². The Morgan fingerprint density at radius 1 is 0.710 bits per heavy atom. The first-order chi connectivity index (χ1) is 14.0. The van der Waals surface area contributed by atoms with Crippen molar-refractivity contribution < 1.29 is 19.1 Å². The molecule has 2 saturated heterocycles. The number of carbonyl (C=O) groups excluding carboxylic acids is 2. The Bertz CT molecular complexity index is 612. The van der Waals surface area contributed by atoms with Gasteiger partial charge in [0.1, 0.15) is 12.2 Å². The lowest BCUT2D eigenvalue weighted by atomic mass is 9.78. The predicted octanol–water partition coefficient (Wildman–Crippen LogP) is 4.55. The monoisotopic (exact) mass is 438 g/mol. The van der Waals surface area contributed by atoms with Crippen molar-refractivity contribution in [1.29, 1.82) is 0 Å². The molecule has 2 atom stereocenters. The smallest absolute Gasteiger partial charge is 0.306 e. The molecule has 0 N–H and O–H groups in total. The summed E-state index contributed by atoms with van der Waals surface area (Å²) in [6.07, 6.45) is 4.38. The van der Waals surface area contributed by atoms with Crippen LogP contribution in [-0.2, 0) is 19.1 Å². The first kappa shape index (κ1) is 26.1. The minimum Gasteiger partial charge on any atom is -0.460 e. The lowest BCUT2D eigenvalue weighted by Gasteiger charge is -2.54. The second-order valence-electron chi connectivity index (χ2n) is 11.9. The highest BCUT2D eigenvalue weighted by Gasteiger charge is 2.48. The van der Waals surface area contributed by atoms with Crippen molar-refractivity contribution in [3.63, 3.8) is 0 Å². The molecule has 2 fully saturated rings. The van der Waals surface area contributed by atoms with Crippen molar-refractivity contribution in [2.45, 2.75) is 135 Å². The number of likely N-dealkylation sites (N-methyl/N-ethyl adjacent to an activating group) is 2. The maximum atomic E-state index is 12.5. The van der Waals surface area contributed by atoms with Gasteiger partial charge in [0, 0.05) is 23.9 Å². The van der Waals surface area contributed by atoms with Crippen LogP contribution in [0.3, 0.4) is 0 Å². The van der Waals surface area contributed by atoms with Crippen molar-refractivity contribution in [3.8, 4) is 0 Å². The zero-order chi connectivity index (χ0) is 23.8. The maximum absolute atomic E-state index is 12.5. The number of esters is 2. The lowest BCUT2D eigenvalue weighted by molar-refractivity contribution is -0.169. The molecule has 2 aliphatic heterocycles. The van der Waals surface area contributed by atoms with Crippen molar-refractivity contribution in [2.24, 2.45) is 0 Å². The van der Waals surface area contributed by atoms with E-state index in [1.165, 1.54) is 0 Å².